The number of ether oxygens (including phenoxy) is 1. The normalized spacial score (nSPS) is 13.0. The van der Waals surface area contributed by atoms with Crippen LogP contribution in [-0.4, -0.2) is 40.5 Å². The summed E-state index contributed by atoms with van der Waals surface area (Å²) in [5, 5.41) is 0.535. The van der Waals surface area contributed by atoms with E-state index in [0.717, 1.165) is 17.0 Å². The van der Waals surface area contributed by atoms with Gasteiger partial charge in [-0.15, -0.1) is 11.3 Å². The zero-order chi connectivity index (χ0) is 18.7. The summed E-state index contributed by atoms with van der Waals surface area (Å²) in [6.45, 7) is 13.5. The zero-order valence-corrected chi connectivity index (χ0v) is 16.9. The summed E-state index contributed by atoms with van der Waals surface area (Å²) in [5.74, 6) is 0.120. The molecule has 0 aliphatic heterocycles. The van der Waals surface area contributed by atoms with E-state index in [2.05, 4.69) is 4.98 Å². The average molecular weight is 355 g/mol. The molecule has 0 saturated heterocycles. The quantitative estimate of drug-likeness (QED) is 0.707. The van der Waals surface area contributed by atoms with E-state index in [9.17, 15) is 9.59 Å². The fourth-order valence-corrected chi connectivity index (χ4v) is 3.39. The monoisotopic (exact) mass is 354 g/mol. The minimum atomic E-state index is -0.556. The second-order valence-electron chi connectivity index (χ2n) is 7.41. The Bertz CT molecular complexity index is 588. The molecule has 0 bridgehead atoms. The summed E-state index contributed by atoms with van der Waals surface area (Å²) in [6.07, 6.45) is 0.670. The van der Waals surface area contributed by atoms with Crippen LogP contribution in [0.4, 0.5) is 4.79 Å². The standard InChI is InChI=1S/C18H30N2O3S/c1-9-13-12(4)24-16(19-13)15(21)10-14(11(2)3)20(8)17(22)23-18(5,6)7/h11,14H,9-10H2,1-8H3/t14-/m1/s1. The lowest BCUT2D eigenvalue weighted by atomic mass is 9.97. The number of hydrogen-bond donors (Lipinski definition) is 0. The van der Waals surface area contributed by atoms with Crippen molar-refractivity contribution < 1.29 is 14.3 Å². The molecule has 1 heterocycles. The van der Waals surface area contributed by atoms with Gasteiger partial charge < -0.3 is 9.64 Å². The number of Topliss-reactive ketones (excluding diaryl/α,β-unsaturated/α-hetero) is 1. The number of ketones is 1. The second-order valence-corrected chi connectivity index (χ2v) is 8.61. The van der Waals surface area contributed by atoms with Gasteiger partial charge in [-0.2, -0.15) is 0 Å². The predicted molar refractivity (Wildman–Crippen MR) is 97.8 cm³/mol. The van der Waals surface area contributed by atoms with E-state index >= 15 is 0 Å². The molecule has 0 fully saturated rings. The number of thiazole rings is 1. The molecule has 1 rings (SSSR count). The van der Waals surface area contributed by atoms with Crippen molar-refractivity contribution >= 4 is 23.2 Å². The molecule has 0 saturated carbocycles. The van der Waals surface area contributed by atoms with Crippen LogP contribution < -0.4 is 0 Å². The second kappa shape index (κ2) is 8.10. The van der Waals surface area contributed by atoms with Crippen molar-refractivity contribution in [3.05, 3.63) is 15.6 Å². The van der Waals surface area contributed by atoms with E-state index in [-0.39, 0.29) is 24.2 Å². The molecule has 0 unspecified atom stereocenters. The third-order valence-corrected chi connectivity index (χ3v) is 4.86. The molecule has 0 aliphatic carbocycles. The van der Waals surface area contributed by atoms with Crippen molar-refractivity contribution in [1.29, 1.82) is 0 Å². The van der Waals surface area contributed by atoms with E-state index in [0.29, 0.717) is 5.01 Å². The number of aromatic nitrogens is 1. The van der Waals surface area contributed by atoms with Gasteiger partial charge in [0.1, 0.15) is 5.60 Å². The first-order valence-corrected chi connectivity index (χ1v) is 9.23. The van der Waals surface area contributed by atoms with Crippen LogP contribution in [0.25, 0.3) is 0 Å². The lowest BCUT2D eigenvalue weighted by Crippen LogP contribution is -2.44. The molecule has 1 atom stereocenters. The third kappa shape index (κ3) is 5.58. The van der Waals surface area contributed by atoms with E-state index in [4.69, 9.17) is 4.74 Å². The van der Waals surface area contributed by atoms with Gasteiger partial charge in [0.25, 0.3) is 0 Å². The van der Waals surface area contributed by atoms with Crippen LogP contribution in [0.1, 0.15) is 68.3 Å². The molecule has 6 heteroatoms. The minimum absolute atomic E-state index is 0.0168. The molecular weight excluding hydrogens is 324 g/mol. The van der Waals surface area contributed by atoms with Crippen molar-refractivity contribution in [3.63, 3.8) is 0 Å². The van der Waals surface area contributed by atoms with Gasteiger partial charge in [-0.3, -0.25) is 4.79 Å². The number of amides is 1. The number of hydrogen-bond acceptors (Lipinski definition) is 5. The number of aryl methyl sites for hydroxylation is 2. The highest BCUT2D eigenvalue weighted by Gasteiger charge is 2.30. The molecule has 0 spiro atoms. The van der Waals surface area contributed by atoms with Gasteiger partial charge in [0.2, 0.25) is 0 Å². The Balaban J connectivity index is 2.88. The third-order valence-electron chi connectivity index (χ3n) is 3.81. The Kier molecular flexibility index (Phi) is 6.96. The minimum Gasteiger partial charge on any atom is -0.444 e. The van der Waals surface area contributed by atoms with Crippen LogP contribution in [0.2, 0.25) is 0 Å². The van der Waals surface area contributed by atoms with Gasteiger partial charge in [0.15, 0.2) is 10.8 Å². The summed E-state index contributed by atoms with van der Waals surface area (Å²) in [6, 6.07) is -0.221. The van der Waals surface area contributed by atoms with Gasteiger partial charge >= 0.3 is 6.09 Å². The molecule has 24 heavy (non-hydrogen) atoms. The molecule has 1 aromatic heterocycles. The SMILES string of the molecule is CCc1nc(C(=O)C[C@H](C(C)C)N(C)C(=O)OC(C)(C)C)sc1C. The molecule has 0 aromatic carbocycles. The van der Waals surface area contributed by atoms with Crippen LogP contribution in [0.15, 0.2) is 0 Å². The molecule has 1 aromatic rings. The van der Waals surface area contributed by atoms with Gasteiger partial charge in [-0.1, -0.05) is 20.8 Å². The van der Waals surface area contributed by atoms with Crippen LogP contribution in [-0.2, 0) is 11.2 Å². The number of rotatable bonds is 6. The van der Waals surface area contributed by atoms with Crippen molar-refractivity contribution in [2.45, 2.75) is 73.0 Å². The Morgan fingerprint density at radius 3 is 2.29 bits per heavy atom. The Hall–Kier alpha value is -1.43. The van der Waals surface area contributed by atoms with Crippen molar-refractivity contribution in [2.75, 3.05) is 7.05 Å². The molecular formula is C18H30N2O3S. The molecule has 0 radical (unpaired) electrons. The fraction of sp³-hybridized carbons (Fsp3) is 0.722. The van der Waals surface area contributed by atoms with Gasteiger partial charge in [0.05, 0.1) is 5.69 Å². The molecule has 1 amide bonds. The molecule has 0 N–H and O–H groups in total. The summed E-state index contributed by atoms with van der Waals surface area (Å²) >= 11 is 1.44. The van der Waals surface area contributed by atoms with Crippen molar-refractivity contribution in [1.82, 2.24) is 9.88 Å². The Morgan fingerprint density at radius 1 is 1.29 bits per heavy atom. The summed E-state index contributed by atoms with van der Waals surface area (Å²) in [4.78, 5) is 32.0. The average Bonchev–Trinajstić information content (AvgIpc) is 2.82. The zero-order valence-electron chi connectivity index (χ0n) is 16.1. The number of nitrogens with zero attached hydrogens (tertiary/aromatic N) is 2. The van der Waals surface area contributed by atoms with Crippen LogP contribution in [0.5, 0.6) is 0 Å². The molecule has 0 aliphatic rings. The van der Waals surface area contributed by atoms with E-state index in [1.54, 1.807) is 7.05 Å². The Labute approximate surface area is 149 Å². The highest BCUT2D eigenvalue weighted by atomic mass is 32.1. The van der Waals surface area contributed by atoms with Crippen LogP contribution in [0, 0.1) is 12.8 Å². The summed E-state index contributed by atoms with van der Waals surface area (Å²) in [5.41, 5.74) is 0.421. The van der Waals surface area contributed by atoms with E-state index in [1.165, 1.54) is 16.2 Å². The fourth-order valence-electron chi connectivity index (χ4n) is 2.44. The van der Waals surface area contributed by atoms with E-state index < -0.39 is 11.7 Å². The summed E-state index contributed by atoms with van der Waals surface area (Å²) in [7, 11) is 1.69. The maximum absolute atomic E-state index is 12.6. The first kappa shape index (κ1) is 20.6. The topological polar surface area (TPSA) is 59.5 Å². The maximum Gasteiger partial charge on any atom is 0.410 e. The predicted octanol–water partition coefficient (Wildman–Crippen LogP) is 4.48. The largest absolute Gasteiger partial charge is 0.444 e. The lowest BCUT2D eigenvalue weighted by molar-refractivity contribution is 0.0174. The maximum atomic E-state index is 12.6. The number of carbonyl (C=O) groups excluding carboxylic acids is 2. The first-order valence-electron chi connectivity index (χ1n) is 8.41. The highest BCUT2D eigenvalue weighted by Crippen LogP contribution is 2.23. The number of carbonyl (C=O) groups is 2. The van der Waals surface area contributed by atoms with Gasteiger partial charge in [0, 0.05) is 24.4 Å². The summed E-state index contributed by atoms with van der Waals surface area (Å²) < 4.78 is 5.42. The van der Waals surface area contributed by atoms with E-state index in [1.807, 2.05) is 48.5 Å². The first-order chi connectivity index (χ1) is 11.0. The van der Waals surface area contributed by atoms with Crippen molar-refractivity contribution in [2.24, 2.45) is 5.92 Å². The van der Waals surface area contributed by atoms with Gasteiger partial charge in [-0.25, -0.2) is 9.78 Å². The van der Waals surface area contributed by atoms with Crippen molar-refractivity contribution in [3.8, 4) is 0 Å². The van der Waals surface area contributed by atoms with Crippen LogP contribution >= 0.6 is 11.3 Å². The Morgan fingerprint density at radius 2 is 1.88 bits per heavy atom. The lowest BCUT2D eigenvalue weighted by Gasteiger charge is -2.32. The highest BCUT2D eigenvalue weighted by molar-refractivity contribution is 7.13. The smallest absolute Gasteiger partial charge is 0.410 e. The molecule has 136 valence electrons. The van der Waals surface area contributed by atoms with Crippen LogP contribution in [0.3, 0.4) is 0 Å². The molecule has 5 nitrogen and oxygen atoms in total. The van der Waals surface area contributed by atoms with Gasteiger partial charge in [-0.05, 0) is 40.0 Å².